The highest BCUT2D eigenvalue weighted by atomic mass is 17.1. The molecule has 0 aliphatic carbocycles. The molecular formula is C18H34O6. The molecule has 0 aliphatic rings. The van der Waals surface area contributed by atoms with E-state index in [0.717, 1.165) is 38.5 Å². The molecule has 0 radical (unpaired) electrons. The summed E-state index contributed by atoms with van der Waals surface area (Å²) in [5.41, 5.74) is 0. The Kier molecular flexibility index (Phi) is 16.8. The van der Waals surface area contributed by atoms with E-state index in [1.54, 1.807) is 0 Å². The summed E-state index contributed by atoms with van der Waals surface area (Å²) in [5, 5.41) is 10.5. The van der Waals surface area contributed by atoms with Gasteiger partial charge in [-0.1, -0.05) is 71.6 Å². The molecule has 6 nitrogen and oxygen atoms in total. The van der Waals surface area contributed by atoms with Gasteiger partial charge in [-0.05, 0) is 19.3 Å². The Balaban J connectivity index is 3.56. The zero-order chi connectivity index (χ0) is 17.9. The van der Waals surface area contributed by atoms with E-state index in [1.807, 2.05) is 0 Å². The molecule has 0 saturated carbocycles. The Morgan fingerprint density at radius 1 is 0.750 bits per heavy atom. The number of hydrogen-bond donors (Lipinski definition) is 0. The molecule has 0 amide bonds. The third-order valence-corrected chi connectivity index (χ3v) is 3.67. The smallest absolute Gasteiger partial charge is 0.628 e. The molecular weight excluding hydrogens is 312 g/mol. The topological polar surface area (TPSA) is 79.1 Å². The van der Waals surface area contributed by atoms with Crippen molar-refractivity contribution < 1.29 is 28.8 Å². The van der Waals surface area contributed by atoms with E-state index in [1.165, 1.54) is 38.5 Å². The summed E-state index contributed by atoms with van der Waals surface area (Å²) in [6.45, 7) is 4.89. The highest BCUT2D eigenvalue weighted by molar-refractivity contribution is 5.76. The van der Waals surface area contributed by atoms with Crippen molar-refractivity contribution in [1.29, 1.82) is 0 Å². The Morgan fingerprint density at radius 3 is 1.71 bits per heavy atom. The Bertz CT molecular complexity index is 317. The van der Waals surface area contributed by atoms with E-state index in [0.29, 0.717) is 0 Å². The molecule has 0 saturated heterocycles. The molecule has 0 unspecified atom stereocenters. The van der Waals surface area contributed by atoms with Crippen LogP contribution in [-0.4, -0.2) is 25.5 Å². The molecule has 0 atom stereocenters. The van der Waals surface area contributed by atoms with Crippen LogP contribution in [0.4, 0.5) is 9.37 Å². The zero-order valence-corrected chi connectivity index (χ0v) is 15.3. The first kappa shape index (κ1) is 22.5. The summed E-state index contributed by atoms with van der Waals surface area (Å²) >= 11 is 0. The fourth-order valence-corrected chi connectivity index (χ4v) is 2.24. The van der Waals surface area contributed by atoms with E-state index in [9.17, 15) is 10.1 Å². The normalized spacial score (nSPS) is 11.3. The molecule has 0 aromatic carbocycles. The van der Waals surface area contributed by atoms with Crippen LogP contribution in [0.3, 0.4) is 0 Å². The van der Waals surface area contributed by atoms with Gasteiger partial charge in [0.25, 0.3) is 0 Å². The predicted octanol–water partition coefficient (Wildman–Crippen LogP) is 4.81. The molecule has 0 aromatic rings. The highest BCUT2D eigenvalue weighted by Crippen LogP contribution is 2.06. The standard InChI is InChI=1S/C18H34O6/c1-3-5-7-9-11-13-15-21-17(19)23-18(24-20)22-16-14-12-10-8-6-4-2/h3-16H2,1-2H3. The molecule has 0 N–H and O–H groups in total. The van der Waals surface area contributed by atoms with Crippen molar-refractivity contribution in [1.82, 2.24) is 0 Å². The molecule has 0 heterocycles. The summed E-state index contributed by atoms with van der Waals surface area (Å²) in [7, 11) is 0. The first-order chi connectivity index (χ1) is 11.7. The average molecular weight is 346 g/mol. The van der Waals surface area contributed by atoms with Gasteiger partial charge >= 0.3 is 12.3 Å². The van der Waals surface area contributed by atoms with Crippen molar-refractivity contribution in [3.05, 3.63) is 0 Å². The summed E-state index contributed by atoms with van der Waals surface area (Å²) < 4.78 is 18.1. The molecule has 0 rings (SSSR count). The van der Waals surface area contributed by atoms with Crippen LogP contribution >= 0.6 is 0 Å². The van der Waals surface area contributed by atoms with Gasteiger partial charge in [0, 0.05) is 0 Å². The molecule has 6 heteroatoms. The van der Waals surface area contributed by atoms with E-state index >= 15 is 0 Å². The minimum absolute atomic E-state index is 0.272. The van der Waals surface area contributed by atoms with Crippen LogP contribution in [0, 0.1) is 0 Å². The van der Waals surface area contributed by atoms with E-state index in [2.05, 4.69) is 23.2 Å². The largest absolute Gasteiger partial charge is 0.735 e. The van der Waals surface area contributed by atoms with E-state index in [-0.39, 0.29) is 13.2 Å². The molecule has 0 aromatic heterocycles. The number of hydrogen-bond acceptors (Lipinski definition) is 5. The fraction of sp³-hybridized carbons (Fsp3) is 0.889. The van der Waals surface area contributed by atoms with Crippen molar-refractivity contribution in [3.63, 3.8) is 0 Å². The van der Waals surface area contributed by atoms with Crippen molar-refractivity contribution in [3.8, 4) is 0 Å². The third-order valence-electron chi connectivity index (χ3n) is 3.67. The maximum Gasteiger partial charge on any atom is 0.735 e. The lowest BCUT2D eigenvalue weighted by atomic mass is 10.1. The first-order valence-electron chi connectivity index (χ1n) is 9.38. The third kappa shape index (κ3) is 15.4. The van der Waals surface area contributed by atoms with Gasteiger partial charge in [-0.3, -0.25) is 4.58 Å². The lowest BCUT2D eigenvalue weighted by Crippen LogP contribution is -2.18. The highest BCUT2D eigenvalue weighted by Gasteiger charge is 2.24. The number of carbonyl (C=O) groups excluding carboxylic acids is 2. The SMILES string of the molecule is CCCCCCCCOC(=O)OC(OCCCCCCCC)=[O+][O-]. The second-order valence-electron chi connectivity index (χ2n) is 5.92. The molecule has 24 heavy (non-hydrogen) atoms. The number of unbranched alkanes of at least 4 members (excludes halogenated alkanes) is 10. The summed E-state index contributed by atoms with van der Waals surface area (Å²) in [5.74, 6) is 0. The van der Waals surface area contributed by atoms with Crippen LogP contribution in [-0.2, 0) is 14.2 Å². The monoisotopic (exact) mass is 346 g/mol. The average Bonchev–Trinajstić information content (AvgIpc) is 2.59. The molecule has 0 spiro atoms. The molecule has 0 bridgehead atoms. The van der Waals surface area contributed by atoms with Crippen LogP contribution in [0.15, 0.2) is 0 Å². The van der Waals surface area contributed by atoms with Gasteiger partial charge in [-0.25, -0.2) is 4.74 Å². The summed E-state index contributed by atoms with van der Waals surface area (Å²) in [6.07, 6.45) is 11.5. The van der Waals surface area contributed by atoms with Gasteiger partial charge in [0.1, 0.15) is 0 Å². The molecule has 0 aliphatic heterocycles. The summed E-state index contributed by atoms with van der Waals surface area (Å²) in [4.78, 5) is 11.4. The quantitative estimate of drug-likeness (QED) is 0.113. The number of ether oxygens (including phenoxy) is 3. The fourth-order valence-electron chi connectivity index (χ4n) is 2.24. The maximum absolute atomic E-state index is 11.4. The van der Waals surface area contributed by atoms with Crippen LogP contribution in [0.25, 0.3) is 0 Å². The first-order valence-corrected chi connectivity index (χ1v) is 9.38. The zero-order valence-electron chi connectivity index (χ0n) is 15.3. The van der Waals surface area contributed by atoms with E-state index < -0.39 is 12.3 Å². The van der Waals surface area contributed by atoms with Crippen LogP contribution in [0.1, 0.15) is 90.9 Å². The van der Waals surface area contributed by atoms with Gasteiger partial charge in [-0.2, -0.15) is 4.79 Å². The van der Waals surface area contributed by atoms with Crippen LogP contribution in [0.2, 0.25) is 0 Å². The molecule has 142 valence electrons. The van der Waals surface area contributed by atoms with Crippen molar-refractivity contribution in [2.75, 3.05) is 13.2 Å². The van der Waals surface area contributed by atoms with Crippen LogP contribution in [0.5, 0.6) is 0 Å². The maximum atomic E-state index is 11.4. The van der Waals surface area contributed by atoms with Crippen LogP contribution < -0.4 is 5.26 Å². The summed E-state index contributed by atoms with van der Waals surface area (Å²) in [6, 6.07) is 0. The lowest BCUT2D eigenvalue weighted by molar-refractivity contribution is -0.869. The van der Waals surface area contributed by atoms with Gasteiger partial charge in [0.15, 0.2) is 6.61 Å². The second-order valence-corrected chi connectivity index (χ2v) is 5.92. The lowest BCUT2D eigenvalue weighted by Gasteiger charge is -2.02. The van der Waals surface area contributed by atoms with Gasteiger partial charge in [0.2, 0.25) is 0 Å². The Hall–Kier alpha value is -1.46. The second kappa shape index (κ2) is 17.9. The minimum atomic E-state index is -0.961. The van der Waals surface area contributed by atoms with Crippen molar-refractivity contribution in [2.24, 2.45) is 0 Å². The number of rotatable bonds is 14. The van der Waals surface area contributed by atoms with Gasteiger partial charge in [-0.15, -0.1) is 0 Å². The number of carbonyl (C=O) groups is 1. The van der Waals surface area contributed by atoms with E-state index in [4.69, 9.17) is 9.47 Å². The predicted molar refractivity (Wildman–Crippen MR) is 90.5 cm³/mol. The molecule has 0 fully saturated rings. The van der Waals surface area contributed by atoms with Gasteiger partial charge in [0.05, 0.1) is 6.61 Å². The minimum Gasteiger partial charge on any atom is -0.628 e. The van der Waals surface area contributed by atoms with Crippen molar-refractivity contribution in [2.45, 2.75) is 90.9 Å². The Labute approximate surface area is 146 Å². The van der Waals surface area contributed by atoms with Gasteiger partial charge < -0.3 is 14.7 Å². The van der Waals surface area contributed by atoms with Crippen molar-refractivity contribution >= 4 is 12.3 Å². The Morgan fingerprint density at radius 2 is 1.21 bits per heavy atom.